The van der Waals surface area contributed by atoms with E-state index in [9.17, 15) is 0 Å². The molecule has 1 N–H and O–H groups in total. The predicted octanol–water partition coefficient (Wildman–Crippen LogP) is 3.03. The molecule has 1 saturated heterocycles. The average Bonchev–Trinajstić information content (AvgIpc) is 3.15. The van der Waals surface area contributed by atoms with Crippen LogP contribution in [0.15, 0.2) is 0 Å². The standard InChI is InChI=1S/C15H30N2/c1-2-14-6-5-12-17(13-9-14)11-4-3-10-16-15-7-8-15/h14-16H,2-13H2,1H3. The van der Waals surface area contributed by atoms with Crippen molar-refractivity contribution in [1.29, 1.82) is 0 Å². The molecule has 17 heavy (non-hydrogen) atoms. The summed E-state index contributed by atoms with van der Waals surface area (Å²) in [5.74, 6) is 1.01. The molecule has 1 aliphatic carbocycles. The van der Waals surface area contributed by atoms with Crippen LogP contribution in [0.4, 0.5) is 0 Å². The van der Waals surface area contributed by atoms with Crippen molar-refractivity contribution < 1.29 is 0 Å². The Labute approximate surface area is 107 Å². The largest absolute Gasteiger partial charge is 0.314 e. The molecule has 100 valence electrons. The van der Waals surface area contributed by atoms with E-state index >= 15 is 0 Å². The van der Waals surface area contributed by atoms with Gasteiger partial charge in [0.1, 0.15) is 0 Å². The third-order valence-corrected chi connectivity index (χ3v) is 4.43. The lowest BCUT2D eigenvalue weighted by atomic mass is 9.98. The van der Waals surface area contributed by atoms with Crippen molar-refractivity contribution in [2.45, 2.75) is 64.3 Å². The number of nitrogens with zero attached hydrogens (tertiary/aromatic N) is 1. The molecule has 2 rings (SSSR count). The summed E-state index contributed by atoms with van der Waals surface area (Å²) in [5, 5.41) is 3.60. The van der Waals surface area contributed by atoms with Gasteiger partial charge in [0.2, 0.25) is 0 Å². The minimum absolute atomic E-state index is 0.887. The number of rotatable bonds is 7. The molecule has 0 aromatic heterocycles. The lowest BCUT2D eigenvalue weighted by Crippen LogP contribution is -2.27. The summed E-state index contributed by atoms with van der Waals surface area (Å²) in [4.78, 5) is 2.70. The number of likely N-dealkylation sites (tertiary alicyclic amines) is 1. The van der Waals surface area contributed by atoms with E-state index in [0.29, 0.717) is 0 Å². The second-order valence-electron chi connectivity index (χ2n) is 5.98. The van der Waals surface area contributed by atoms with Gasteiger partial charge in [0.05, 0.1) is 0 Å². The maximum absolute atomic E-state index is 3.60. The summed E-state index contributed by atoms with van der Waals surface area (Å²) < 4.78 is 0. The lowest BCUT2D eigenvalue weighted by Gasteiger charge is -2.19. The van der Waals surface area contributed by atoms with Crippen LogP contribution in [-0.4, -0.2) is 37.1 Å². The summed E-state index contributed by atoms with van der Waals surface area (Å²) in [7, 11) is 0. The zero-order valence-electron chi connectivity index (χ0n) is 11.6. The van der Waals surface area contributed by atoms with E-state index in [1.807, 2.05) is 0 Å². The highest BCUT2D eigenvalue weighted by atomic mass is 15.1. The van der Waals surface area contributed by atoms with Crippen LogP contribution in [0.3, 0.4) is 0 Å². The normalized spacial score (nSPS) is 27.0. The van der Waals surface area contributed by atoms with Crippen LogP contribution in [0, 0.1) is 5.92 Å². The van der Waals surface area contributed by atoms with Gasteiger partial charge in [-0.3, -0.25) is 0 Å². The van der Waals surface area contributed by atoms with Crippen molar-refractivity contribution in [3.63, 3.8) is 0 Å². The minimum atomic E-state index is 0.887. The van der Waals surface area contributed by atoms with Crippen molar-refractivity contribution in [2.24, 2.45) is 5.92 Å². The monoisotopic (exact) mass is 238 g/mol. The van der Waals surface area contributed by atoms with Crippen LogP contribution < -0.4 is 5.32 Å². The Kier molecular flexibility index (Phi) is 5.79. The van der Waals surface area contributed by atoms with Gasteiger partial charge >= 0.3 is 0 Å². The van der Waals surface area contributed by atoms with Crippen LogP contribution in [0.25, 0.3) is 0 Å². The summed E-state index contributed by atoms with van der Waals surface area (Å²) >= 11 is 0. The summed E-state index contributed by atoms with van der Waals surface area (Å²) in [6.07, 6.45) is 11.3. The fourth-order valence-electron chi connectivity index (χ4n) is 2.91. The molecule has 1 aliphatic heterocycles. The van der Waals surface area contributed by atoms with Crippen LogP contribution in [0.5, 0.6) is 0 Å². The Balaban J connectivity index is 1.49. The molecule has 2 nitrogen and oxygen atoms in total. The molecule has 0 radical (unpaired) electrons. The van der Waals surface area contributed by atoms with Crippen molar-refractivity contribution in [3.8, 4) is 0 Å². The smallest absolute Gasteiger partial charge is 0.00682 e. The highest BCUT2D eigenvalue weighted by Crippen LogP contribution is 2.20. The first kappa shape index (κ1) is 13.4. The molecule has 2 fully saturated rings. The van der Waals surface area contributed by atoms with Crippen LogP contribution in [0.2, 0.25) is 0 Å². The maximum atomic E-state index is 3.60. The highest BCUT2D eigenvalue weighted by Gasteiger charge is 2.19. The van der Waals surface area contributed by atoms with Gasteiger partial charge in [-0.2, -0.15) is 0 Å². The molecule has 1 atom stereocenters. The molecule has 1 heterocycles. The quantitative estimate of drug-likeness (QED) is 0.686. The third kappa shape index (κ3) is 5.39. The van der Waals surface area contributed by atoms with Gasteiger partial charge in [-0.25, -0.2) is 0 Å². The predicted molar refractivity (Wildman–Crippen MR) is 74.3 cm³/mol. The second-order valence-corrected chi connectivity index (χ2v) is 5.98. The van der Waals surface area contributed by atoms with E-state index in [1.54, 1.807) is 0 Å². The topological polar surface area (TPSA) is 15.3 Å². The summed E-state index contributed by atoms with van der Waals surface area (Å²) in [6, 6.07) is 0.887. The molecule has 1 unspecified atom stereocenters. The van der Waals surface area contributed by atoms with E-state index in [1.165, 1.54) is 77.5 Å². The van der Waals surface area contributed by atoms with E-state index in [2.05, 4.69) is 17.1 Å². The number of nitrogens with one attached hydrogen (secondary N) is 1. The Bertz CT molecular complexity index is 201. The van der Waals surface area contributed by atoms with E-state index < -0.39 is 0 Å². The fourth-order valence-corrected chi connectivity index (χ4v) is 2.91. The average molecular weight is 238 g/mol. The molecular weight excluding hydrogens is 208 g/mol. The van der Waals surface area contributed by atoms with Crippen molar-refractivity contribution >= 4 is 0 Å². The summed E-state index contributed by atoms with van der Waals surface area (Å²) in [5.41, 5.74) is 0. The fraction of sp³-hybridized carbons (Fsp3) is 1.00. The first-order chi connectivity index (χ1) is 8.38. The second kappa shape index (κ2) is 7.38. The first-order valence-electron chi connectivity index (χ1n) is 7.84. The Morgan fingerprint density at radius 3 is 2.71 bits per heavy atom. The minimum Gasteiger partial charge on any atom is -0.314 e. The van der Waals surface area contributed by atoms with Gasteiger partial charge in [-0.05, 0) is 77.0 Å². The number of hydrogen-bond donors (Lipinski definition) is 1. The Morgan fingerprint density at radius 2 is 1.94 bits per heavy atom. The third-order valence-electron chi connectivity index (χ3n) is 4.43. The van der Waals surface area contributed by atoms with Crippen molar-refractivity contribution in [2.75, 3.05) is 26.2 Å². The van der Waals surface area contributed by atoms with Crippen molar-refractivity contribution in [3.05, 3.63) is 0 Å². The van der Waals surface area contributed by atoms with Gasteiger partial charge < -0.3 is 10.2 Å². The first-order valence-corrected chi connectivity index (χ1v) is 7.84. The lowest BCUT2D eigenvalue weighted by molar-refractivity contribution is 0.274. The molecule has 0 amide bonds. The number of hydrogen-bond acceptors (Lipinski definition) is 2. The molecule has 0 spiro atoms. The van der Waals surface area contributed by atoms with Gasteiger partial charge in [0.25, 0.3) is 0 Å². The van der Waals surface area contributed by atoms with Crippen LogP contribution >= 0.6 is 0 Å². The van der Waals surface area contributed by atoms with Gasteiger partial charge in [0, 0.05) is 6.04 Å². The zero-order valence-corrected chi connectivity index (χ0v) is 11.6. The van der Waals surface area contributed by atoms with E-state index in [-0.39, 0.29) is 0 Å². The van der Waals surface area contributed by atoms with Crippen molar-refractivity contribution in [1.82, 2.24) is 10.2 Å². The SMILES string of the molecule is CCC1CCCN(CCCCNC2CC2)CC1. The molecule has 1 saturated carbocycles. The Morgan fingerprint density at radius 1 is 1.06 bits per heavy atom. The zero-order chi connectivity index (χ0) is 11.9. The summed E-state index contributed by atoms with van der Waals surface area (Å²) in [6.45, 7) is 7.64. The number of unbranched alkanes of at least 4 members (excludes halogenated alkanes) is 1. The van der Waals surface area contributed by atoms with Gasteiger partial charge in [0.15, 0.2) is 0 Å². The van der Waals surface area contributed by atoms with E-state index in [4.69, 9.17) is 0 Å². The Hall–Kier alpha value is -0.0800. The van der Waals surface area contributed by atoms with Crippen LogP contribution in [-0.2, 0) is 0 Å². The van der Waals surface area contributed by atoms with Gasteiger partial charge in [-0.15, -0.1) is 0 Å². The molecule has 2 heteroatoms. The molecule has 2 aliphatic rings. The molecule has 0 aromatic carbocycles. The molecule has 0 aromatic rings. The van der Waals surface area contributed by atoms with Crippen LogP contribution in [0.1, 0.15) is 58.3 Å². The van der Waals surface area contributed by atoms with E-state index in [0.717, 1.165) is 12.0 Å². The van der Waals surface area contributed by atoms with Gasteiger partial charge in [-0.1, -0.05) is 13.3 Å². The molecule has 0 bridgehead atoms. The maximum Gasteiger partial charge on any atom is 0.00682 e. The highest BCUT2D eigenvalue weighted by molar-refractivity contribution is 4.80. The molecular formula is C15H30N2.